The fourth-order valence-electron chi connectivity index (χ4n) is 5.26. The first kappa shape index (κ1) is 26.9. The number of aromatic nitrogens is 4. The first-order valence-corrected chi connectivity index (χ1v) is 13.6. The lowest BCUT2D eigenvalue weighted by atomic mass is 10.0. The number of nitrogens with zero attached hydrogens (tertiary/aromatic N) is 3. The van der Waals surface area contributed by atoms with E-state index in [9.17, 15) is 23.5 Å². The lowest BCUT2D eigenvalue weighted by Gasteiger charge is -2.29. The van der Waals surface area contributed by atoms with Crippen LogP contribution in [0.3, 0.4) is 0 Å². The van der Waals surface area contributed by atoms with E-state index in [0.29, 0.717) is 22.5 Å². The Labute approximate surface area is 234 Å². The second-order valence-corrected chi connectivity index (χ2v) is 10.6. The molecule has 1 fully saturated rings. The van der Waals surface area contributed by atoms with Crippen LogP contribution in [-0.4, -0.2) is 67.2 Å². The molecule has 1 aliphatic carbocycles. The van der Waals surface area contributed by atoms with E-state index in [-0.39, 0.29) is 23.8 Å². The molecule has 0 bridgehead atoms. The summed E-state index contributed by atoms with van der Waals surface area (Å²) in [5.74, 6) is -0.437. The van der Waals surface area contributed by atoms with Gasteiger partial charge in [0.15, 0.2) is 12.3 Å². The summed E-state index contributed by atoms with van der Waals surface area (Å²) in [6.45, 7) is 2.74. The molecule has 2 atom stereocenters. The van der Waals surface area contributed by atoms with E-state index in [2.05, 4.69) is 37.4 Å². The third-order valence-corrected chi connectivity index (χ3v) is 7.51. The van der Waals surface area contributed by atoms with Crippen LogP contribution in [0.2, 0.25) is 0 Å². The number of allylic oxidation sites excluding steroid dienone is 4. The third kappa shape index (κ3) is 6.06. The molecule has 6 rings (SSSR count). The zero-order valence-corrected chi connectivity index (χ0v) is 22.2. The first-order chi connectivity index (χ1) is 19.8. The number of hydrogen-bond donors (Lipinski definition) is 4. The SMILES string of the molecule is O=C(Nc1cnn(CC2=CC(F)C(F)C=C2)c1)c1c[nH]c(=O)c(-c2cc3cc(CN4CCC(O)CC4)ccc3[nH]2)c1. The molecular formula is C30H30F2N6O3. The highest BCUT2D eigenvalue weighted by Crippen LogP contribution is 2.25. The number of rotatable bonds is 7. The second kappa shape index (κ2) is 11.3. The number of likely N-dealkylation sites (tertiary alicyclic amines) is 1. The van der Waals surface area contributed by atoms with Crippen molar-refractivity contribution in [3.8, 4) is 11.3 Å². The standard InChI is InChI=1S/C30H30F2N6O3/c31-25-3-1-19(10-26(25)32)16-38-17-22(14-34-38)35-29(40)21-11-24(30(41)33-13-21)28-12-20-9-18(2-4-27(20)36-28)15-37-7-5-23(39)6-8-37/h1-4,9-14,17,23,25-26,36,39H,5-8,15-16H2,(H,33,41)(H,35,40). The van der Waals surface area contributed by atoms with Crippen molar-refractivity contribution in [1.29, 1.82) is 0 Å². The van der Waals surface area contributed by atoms with Gasteiger partial charge in [0.25, 0.3) is 11.5 Å². The van der Waals surface area contributed by atoms with Gasteiger partial charge in [0, 0.05) is 42.9 Å². The maximum atomic E-state index is 13.6. The number of pyridine rings is 1. The highest BCUT2D eigenvalue weighted by molar-refractivity contribution is 6.04. The zero-order chi connectivity index (χ0) is 28.5. The molecule has 41 heavy (non-hydrogen) atoms. The van der Waals surface area contributed by atoms with Gasteiger partial charge in [-0.25, -0.2) is 8.78 Å². The Morgan fingerprint density at radius 1 is 1.12 bits per heavy atom. The molecule has 9 nitrogen and oxygen atoms in total. The Morgan fingerprint density at radius 3 is 2.76 bits per heavy atom. The fourth-order valence-corrected chi connectivity index (χ4v) is 5.26. The molecule has 1 amide bonds. The minimum atomic E-state index is -1.69. The largest absolute Gasteiger partial charge is 0.393 e. The number of halogens is 2. The van der Waals surface area contributed by atoms with Crippen LogP contribution in [-0.2, 0) is 13.1 Å². The van der Waals surface area contributed by atoms with Gasteiger partial charge in [-0.3, -0.25) is 19.2 Å². The molecule has 0 saturated carbocycles. The number of benzene rings is 1. The van der Waals surface area contributed by atoms with E-state index < -0.39 is 18.3 Å². The molecule has 0 spiro atoms. The van der Waals surface area contributed by atoms with Crippen molar-refractivity contribution in [3.05, 3.63) is 94.2 Å². The summed E-state index contributed by atoms with van der Waals surface area (Å²) >= 11 is 0. The van der Waals surface area contributed by atoms with Gasteiger partial charge in [-0.2, -0.15) is 5.10 Å². The van der Waals surface area contributed by atoms with Gasteiger partial charge in [-0.05, 0) is 60.4 Å². The number of carbonyl (C=O) groups excluding carboxylic acids is 1. The van der Waals surface area contributed by atoms with Crippen molar-refractivity contribution in [3.63, 3.8) is 0 Å². The highest BCUT2D eigenvalue weighted by Gasteiger charge is 2.20. The van der Waals surface area contributed by atoms with Gasteiger partial charge in [0.05, 0.1) is 41.4 Å². The quantitative estimate of drug-likeness (QED) is 0.271. The number of fused-ring (bicyclic) bond motifs is 1. The van der Waals surface area contributed by atoms with E-state index in [4.69, 9.17) is 0 Å². The highest BCUT2D eigenvalue weighted by atomic mass is 19.2. The van der Waals surface area contributed by atoms with Crippen molar-refractivity contribution >= 4 is 22.5 Å². The molecule has 4 heterocycles. The summed E-state index contributed by atoms with van der Waals surface area (Å²) in [7, 11) is 0. The van der Waals surface area contributed by atoms with Crippen LogP contribution in [0.15, 0.2) is 77.5 Å². The minimum Gasteiger partial charge on any atom is -0.393 e. The normalized spacial score (nSPS) is 19.9. The molecule has 4 N–H and O–H groups in total. The number of hydrogen-bond acceptors (Lipinski definition) is 5. The summed E-state index contributed by atoms with van der Waals surface area (Å²) in [5, 5.41) is 17.7. The summed E-state index contributed by atoms with van der Waals surface area (Å²) in [6.07, 6.45) is 6.35. The summed E-state index contributed by atoms with van der Waals surface area (Å²) in [6, 6.07) is 9.56. The number of nitrogens with one attached hydrogen (secondary N) is 3. The molecule has 212 valence electrons. The van der Waals surface area contributed by atoms with E-state index in [1.165, 1.54) is 41.4 Å². The van der Waals surface area contributed by atoms with Crippen molar-refractivity contribution in [2.45, 2.75) is 44.4 Å². The monoisotopic (exact) mass is 560 g/mol. The predicted molar refractivity (Wildman–Crippen MR) is 152 cm³/mol. The maximum absolute atomic E-state index is 13.6. The summed E-state index contributed by atoms with van der Waals surface area (Å²) < 4.78 is 28.5. The van der Waals surface area contributed by atoms with Crippen molar-refractivity contribution in [1.82, 2.24) is 24.6 Å². The lowest BCUT2D eigenvalue weighted by Crippen LogP contribution is -2.35. The molecule has 1 saturated heterocycles. The predicted octanol–water partition coefficient (Wildman–Crippen LogP) is 4.10. The average molecular weight is 561 g/mol. The molecule has 2 unspecified atom stereocenters. The molecule has 4 aromatic rings. The maximum Gasteiger partial charge on any atom is 0.257 e. The molecule has 3 aromatic heterocycles. The number of piperidine rings is 1. The summed E-state index contributed by atoms with van der Waals surface area (Å²) in [5.41, 5.74) is 3.88. The van der Waals surface area contributed by atoms with Crippen molar-refractivity contribution in [2.24, 2.45) is 0 Å². The molecule has 1 aliphatic heterocycles. The number of H-pyrrole nitrogens is 2. The van der Waals surface area contributed by atoms with Gasteiger partial charge in [0.1, 0.15) is 0 Å². The van der Waals surface area contributed by atoms with Gasteiger partial charge in [-0.1, -0.05) is 12.1 Å². The number of amides is 1. The van der Waals surface area contributed by atoms with Crippen molar-refractivity contribution < 1.29 is 18.7 Å². The molecule has 2 aliphatic rings. The summed E-state index contributed by atoms with van der Waals surface area (Å²) in [4.78, 5) is 34.0. The number of aliphatic hydroxyl groups is 1. The molecule has 11 heteroatoms. The smallest absolute Gasteiger partial charge is 0.257 e. The lowest BCUT2D eigenvalue weighted by molar-refractivity contribution is 0.0792. The van der Waals surface area contributed by atoms with E-state index >= 15 is 0 Å². The Bertz CT molecular complexity index is 1700. The number of alkyl halides is 2. The molecular weight excluding hydrogens is 530 g/mol. The Morgan fingerprint density at radius 2 is 1.95 bits per heavy atom. The van der Waals surface area contributed by atoms with E-state index in [1.54, 1.807) is 6.20 Å². The van der Waals surface area contributed by atoms with E-state index in [1.807, 2.05) is 12.1 Å². The minimum absolute atomic E-state index is 0.212. The number of aromatic amines is 2. The van der Waals surface area contributed by atoms with Gasteiger partial charge in [-0.15, -0.1) is 0 Å². The van der Waals surface area contributed by atoms with Crippen LogP contribution < -0.4 is 10.9 Å². The Hall–Kier alpha value is -4.35. The van der Waals surface area contributed by atoms with Crippen LogP contribution in [0, 0.1) is 0 Å². The van der Waals surface area contributed by atoms with Crippen LogP contribution in [0.5, 0.6) is 0 Å². The zero-order valence-electron chi connectivity index (χ0n) is 22.2. The Balaban J connectivity index is 1.15. The van der Waals surface area contributed by atoms with Crippen LogP contribution in [0.25, 0.3) is 22.2 Å². The van der Waals surface area contributed by atoms with Gasteiger partial charge < -0.3 is 20.4 Å². The fraction of sp³-hybridized carbons (Fsp3) is 0.300. The van der Waals surface area contributed by atoms with Gasteiger partial charge in [0.2, 0.25) is 0 Å². The van der Waals surface area contributed by atoms with E-state index in [0.717, 1.165) is 48.9 Å². The number of anilines is 1. The van der Waals surface area contributed by atoms with Gasteiger partial charge >= 0.3 is 0 Å². The van der Waals surface area contributed by atoms with Crippen LogP contribution in [0.4, 0.5) is 14.5 Å². The first-order valence-electron chi connectivity index (χ1n) is 13.6. The van der Waals surface area contributed by atoms with Crippen LogP contribution in [0.1, 0.15) is 28.8 Å². The number of aliphatic hydroxyl groups excluding tert-OH is 1. The van der Waals surface area contributed by atoms with Crippen molar-refractivity contribution in [2.75, 3.05) is 18.4 Å². The third-order valence-electron chi connectivity index (χ3n) is 7.51. The average Bonchev–Trinajstić information content (AvgIpc) is 3.58. The number of carbonyl (C=O) groups is 1. The second-order valence-electron chi connectivity index (χ2n) is 10.6. The topological polar surface area (TPSA) is 119 Å². The molecule has 1 aromatic carbocycles. The molecule has 0 radical (unpaired) electrons. The Kier molecular flexibility index (Phi) is 7.38. The van der Waals surface area contributed by atoms with Crippen LogP contribution >= 0.6 is 0 Å².